The monoisotopic (exact) mass is 564 g/mol. The predicted molar refractivity (Wildman–Crippen MR) is 144 cm³/mol. The number of nitrogens with one attached hydrogen (secondary N) is 2. The van der Waals surface area contributed by atoms with E-state index in [1.165, 1.54) is 12.1 Å². The van der Waals surface area contributed by atoms with E-state index in [-0.39, 0.29) is 30.2 Å². The van der Waals surface area contributed by atoms with Crippen LogP contribution in [-0.2, 0) is 4.79 Å². The lowest BCUT2D eigenvalue weighted by atomic mass is 10.0. The zero-order chi connectivity index (χ0) is 25.1. The number of amides is 1. The van der Waals surface area contributed by atoms with Gasteiger partial charge in [-0.2, -0.15) is 0 Å². The molecule has 2 atom stereocenters. The van der Waals surface area contributed by atoms with Gasteiger partial charge in [-0.3, -0.25) is 9.78 Å². The van der Waals surface area contributed by atoms with Gasteiger partial charge in [0.15, 0.2) is 5.11 Å². The van der Waals surface area contributed by atoms with Crippen molar-refractivity contribution in [2.24, 2.45) is 0 Å². The van der Waals surface area contributed by atoms with Crippen LogP contribution in [0, 0.1) is 5.82 Å². The normalized spacial score (nSPS) is 17.2. The van der Waals surface area contributed by atoms with Gasteiger partial charge in [0.2, 0.25) is 5.91 Å². The molecule has 4 aromatic rings. The Morgan fingerprint density at radius 2 is 1.92 bits per heavy atom. The number of carbonyl (C=O) groups excluding carboxylic acids is 1. The maximum atomic E-state index is 13.6. The second-order valence-electron chi connectivity index (χ2n) is 8.31. The Morgan fingerprint density at radius 3 is 2.67 bits per heavy atom. The minimum Gasteiger partial charge on any atom is -0.459 e. The van der Waals surface area contributed by atoms with Gasteiger partial charge in [0.05, 0.1) is 11.7 Å². The summed E-state index contributed by atoms with van der Waals surface area (Å²) in [5, 5.41) is 6.79. The molecule has 0 bridgehead atoms. The SMILES string of the molecule is O=C(CCN1C(=S)N[C@H](c2ccccn2)[C@@H]1c1ccc(-c2ccc(F)cc2Br)o1)Nc1ccccc1. The van der Waals surface area contributed by atoms with E-state index in [2.05, 4.69) is 31.5 Å². The minimum atomic E-state index is -0.335. The van der Waals surface area contributed by atoms with Crippen molar-refractivity contribution < 1.29 is 13.6 Å². The van der Waals surface area contributed by atoms with Gasteiger partial charge in [-0.05, 0) is 82.7 Å². The Hall–Kier alpha value is -3.56. The van der Waals surface area contributed by atoms with Crippen LogP contribution in [0.1, 0.15) is 30.0 Å². The molecule has 0 saturated carbocycles. The van der Waals surface area contributed by atoms with Gasteiger partial charge in [-0.25, -0.2) is 4.39 Å². The third-order valence-corrected chi connectivity index (χ3v) is 6.96. The average molecular weight is 565 g/mol. The molecule has 2 N–H and O–H groups in total. The van der Waals surface area contributed by atoms with Crippen molar-refractivity contribution in [2.75, 3.05) is 11.9 Å². The molecule has 1 fully saturated rings. The zero-order valence-corrected chi connectivity index (χ0v) is 21.4. The van der Waals surface area contributed by atoms with Crippen molar-refractivity contribution in [1.29, 1.82) is 0 Å². The summed E-state index contributed by atoms with van der Waals surface area (Å²) in [5.41, 5.74) is 2.29. The van der Waals surface area contributed by atoms with Crippen molar-refractivity contribution in [1.82, 2.24) is 15.2 Å². The van der Waals surface area contributed by atoms with Gasteiger partial charge < -0.3 is 20.0 Å². The van der Waals surface area contributed by atoms with Crippen LogP contribution in [-0.4, -0.2) is 27.4 Å². The number of furan rings is 1. The fourth-order valence-corrected chi connectivity index (χ4v) is 5.15. The molecule has 6 nitrogen and oxygen atoms in total. The number of hydrogen-bond donors (Lipinski definition) is 2. The maximum absolute atomic E-state index is 13.6. The van der Waals surface area contributed by atoms with Crippen LogP contribution in [0.15, 0.2) is 93.9 Å². The quantitative estimate of drug-likeness (QED) is 0.259. The summed E-state index contributed by atoms with van der Waals surface area (Å²) in [6.45, 7) is 0.384. The maximum Gasteiger partial charge on any atom is 0.226 e. The number of para-hydroxylation sites is 1. The molecule has 1 saturated heterocycles. The highest BCUT2D eigenvalue weighted by molar-refractivity contribution is 9.10. The standard InChI is InChI=1S/C27H22BrFN4O2S/c28-20-16-17(29)9-10-19(20)22-11-12-23(35-22)26-25(21-8-4-5-14-30-21)32-27(36)33(26)15-13-24(34)31-18-6-2-1-3-7-18/h1-12,14,16,25-26H,13,15H2,(H,31,34)(H,32,36)/t25-,26+/m1/s1. The van der Waals surface area contributed by atoms with Crippen LogP contribution >= 0.6 is 28.1 Å². The van der Waals surface area contributed by atoms with Crippen molar-refractivity contribution in [3.63, 3.8) is 0 Å². The molecule has 1 amide bonds. The second-order valence-corrected chi connectivity index (χ2v) is 9.55. The van der Waals surface area contributed by atoms with E-state index in [1.54, 1.807) is 12.3 Å². The number of nitrogens with zero attached hydrogens (tertiary/aromatic N) is 2. The number of pyridine rings is 1. The Morgan fingerprint density at radius 1 is 1.11 bits per heavy atom. The van der Waals surface area contributed by atoms with E-state index in [0.29, 0.717) is 27.7 Å². The fourth-order valence-electron chi connectivity index (χ4n) is 4.27. The number of anilines is 1. The van der Waals surface area contributed by atoms with Crippen molar-refractivity contribution in [3.05, 3.63) is 107 Å². The third-order valence-electron chi connectivity index (χ3n) is 5.95. The van der Waals surface area contributed by atoms with Gasteiger partial charge in [-0.1, -0.05) is 24.3 Å². The van der Waals surface area contributed by atoms with E-state index < -0.39 is 0 Å². The molecule has 36 heavy (non-hydrogen) atoms. The Bertz CT molecular complexity index is 1380. The molecule has 182 valence electrons. The lowest BCUT2D eigenvalue weighted by Crippen LogP contribution is -2.32. The first-order valence-corrected chi connectivity index (χ1v) is 12.6. The summed E-state index contributed by atoms with van der Waals surface area (Å²) in [6, 6.07) is 22.6. The first kappa shape index (κ1) is 24.1. The smallest absolute Gasteiger partial charge is 0.226 e. The Kier molecular flexibility index (Phi) is 7.11. The lowest BCUT2D eigenvalue weighted by Gasteiger charge is -2.25. The number of carbonyl (C=O) groups is 1. The average Bonchev–Trinajstić information content (AvgIpc) is 3.48. The van der Waals surface area contributed by atoms with Crippen LogP contribution in [0.2, 0.25) is 0 Å². The Balaban J connectivity index is 1.42. The first-order chi connectivity index (χ1) is 17.5. The second kappa shape index (κ2) is 10.6. The van der Waals surface area contributed by atoms with Gasteiger partial charge >= 0.3 is 0 Å². The van der Waals surface area contributed by atoms with E-state index in [1.807, 2.05) is 65.6 Å². The number of thiocarbonyl (C=S) groups is 1. The number of hydrogen-bond acceptors (Lipinski definition) is 4. The molecule has 0 unspecified atom stereocenters. The molecule has 0 spiro atoms. The largest absolute Gasteiger partial charge is 0.459 e. The van der Waals surface area contributed by atoms with Gasteiger partial charge in [0, 0.05) is 34.9 Å². The number of aromatic nitrogens is 1. The topological polar surface area (TPSA) is 70.4 Å². The highest BCUT2D eigenvalue weighted by Gasteiger charge is 2.41. The van der Waals surface area contributed by atoms with Crippen LogP contribution in [0.3, 0.4) is 0 Å². The van der Waals surface area contributed by atoms with Crippen LogP contribution in [0.4, 0.5) is 10.1 Å². The molecule has 3 heterocycles. The Labute approximate surface area is 221 Å². The summed E-state index contributed by atoms with van der Waals surface area (Å²) in [7, 11) is 0. The molecule has 0 radical (unpaired) electrons. The first-order valence-electron chi connectivity index (χ1n) is 11.4. The van der Waals surface area contributed by atoms with E-state index >= 15 is 0 Å². The summed E-state index contributed by atoms with van der Waals surface area (Å²) >= 11 is 9.09. The van der Waals surface area contributed by atoms with E-state index in [9.17, 15) is 9.18 Å². The van der Waals surface area contributed by atoms with Gasteiger partial charge in [0.25, 0.3) is 0 Å². The number of rotatable bonds is 7. The van der Waals surface area contributed by atoms with Gasteiger partial charge in [0.1, 0.15) is 23.4 Å². The van der Waals surface area contributed by atoms with Crippen LogP contribution in [0.5, 0.6) is 0 Å². The minimum absolute atomic E-state index is 0.112. The highest BCUT2D eigenvalue weighted by atomic mass is 79.9. The molecule has 0 aliphatic carbocycles. The molecule has 9 heteroatoms. The molecule has 1 aliphatic heterocycles. The molecular weight excluding hydrogens is 543 g/mol. The molecular formula is C27H22BrFN4O2S. The number of halogens is 2. The van der Waals surface area contributed by atoms with Crippen molar-refractivity contribution in [2.45, 2.75) is 18.5 Å². The molecule has 2 aromatic heterocycles. The summed E-state index contributed by atoms with van der Waals surface area (Å²) in [4.78, 5) is 19.1. The fraction of sp³-hybridized carbons (Fsp3) is 0.148. The predicted octanol–water partition coefficient (Wildman–Crippen LogP) is 6.24. The third kappa shape index (κ3) is 5.17. The van der Waals surface area contributed by atoms with Crippen molar-refractivity contribution in [3.8, 4) is 11.3 Å². The zero-order valence-electron chi connectivity index (χ0n) is 19.0. The molecule has 5 rings (SSSR count). The lowest BCUT2D eigenvalue weighted by molar-refractivity contribution is -0.116. The summed E-state index contributed by atoms with van der Waals surface area (Å²) < 4.78 is 20.5. The summed E-state index contributed by atoms with van der Waals surface area (Å²) in [6.07, 6.45) is 1.97. The summed E-state index contributed by atoms with van der Waals surface area (Å²) in [5.74, 6) is 0.807. The molecule has 1 aliphatic rings. The van der Waals surface area contributed by atoms with E-state index in [0.717, 1.165) is 16.9 Å². The highest BCUT2D eigenvalue weighted by Crippen LogP contribution is 2.41. The van der Waals surface area contributed by atoms with Crippen LogP contribution < -0.4 is 10.6 Å². The molecule has 2 aromatic carbocycles. The van der Waals surface area contributed by atoms with Crippen LogP contribution in [0.25, 0.3) is 11.3 Å². The van der Waals surface area contributed by atoms with Gasteiger partial charge in [-0.15, -0.1) is 0 Å². The van der Waals surface area contributed by atoms with E-state index in [4.69, 9.17) is 16.6 Å². The van der Waals surface area contributed by atoms with Crippen molar-refractivity contribution >= 4 is 44.9 Å². The number of benzene rings is 2.